The van der Waals surface area contributed by atoms with Gasteiger partial charge in [0.1, 0.15) is 5.82 Å². The van der Waals surface area contributed by atoms with Crippen LogP contribution in [0.25, 0.3) is 10.8 Å². The minimum absolute atomic E-state index is 0.0794. The maximum absolute atomic E-state index is 14.1. The van der Waals surface area contributed by atoms with Crippen LogP contribution < -0.4 is 0 Å². The molecule has 0 fully saturated rings. The number of rotatable bonds is 2. The molecule has 0 amide bonds. The van der Waals surface area contributed by atoms with Gasteiger partial charge in [0.15, 0.2) is 5.78 Å². The molecule has 0 aliphatic heterocycles. The van der Waals surface area contributed by atoms with Gasteiger partial charge in [-0.1, -0.05) is 48.5 Å². The molecule has 0 spiro atoms. The lowest BCUT2D eigenvalue weighted by atomic mass is 9.97. The molecule has 0 bridgehead atoms. The molecule has 98 valence electrons. The normalized spacial score (nSPS) is 10.7. The van der Waals surface area contributed by atoms with Gasteiger partial charge in [0.2, 0.25) is 0 Å². The summed E-state index contributed by atoms with van der Waals surface area (Å²) in [7, 11) is 0. The summed E-state index contributed by atoms with van der Waals surface area (Å²) in [6.07, 6.45) is 0. The highest BCUT2D eigenvalue weighted by Crippen LogP contribution is 2.25. The lowest BCUT2D eigenvalue weighted by Gasteiger charge is -2.07. The van der Waals surface area contributed by atoms with E-state index in [1.165, 1.54) is 6.07 Å². The van der Waals surface area contributed by atoms with Crippen LogP contribution >= 0.6 is 15.9 Å². The second-order valence-corrected chi connectivity index (χ2v) is 5.31. The van der Waals surface area contributed by atoms with E-state index in [1.807, 2.05) is 36.4 Å². The predicted molar refractivity (Wildman–Crippen MR) is 81.5 cm³/mol. The van der Waals surface area contributed by atoms with Crippen molar-refractivity contribution in [3.63, 3.8) is 0 Å². The lowest BCUT2D eigenvalue weighted by Crippen LogP contribution is -2.05. The largest absolute Gasteiger partial charge is 0.288 e. The zero-order chi connectivity index (χ0) is 14.1. The summed E-state index contributed by atoms with van der Waals surface area (Å²) in [5.74, 6) is -0.828. The predicted octanol–water partition coefficient (Wildman–Crippen LogP) is 4.97. The Labute approximate surface area is 124 Å². The third-order valence-corrected chi connectivity index (χ3v) is 3.84. The van der Waals surface area contributed by atoms with Gasteiger partial charge in [-0.05, 0) is 38.8 Å². The number of hydrogen-bond donors (Lipinski definition) is 0. The van der Waals surface area contributed by atoms with Crippen molar-refractivity contribution in [2.45, 2.75) is 0 Å². The van der Waals surface area contributed by atoms with Gasteiger partial charge in [-0.2, -0.15) is 0 Å². The highest BCUT2D eigenvalue weighted by atomic mass is 79.9. The Morgan fingerprint density at radius 2 is 1.50 bits per heavy atom. The molecular formula is C17H10BrFO. The highest BCUT2D eigenvalue weighted by Gasteiger charge is 2.17. The first-order valence-corrected chi connectivity index (χ1v) is 6.94. The van der Waals surface area contributed by atoms with Crippen molar-refractivity contribution in [1.82, 2.24) is 0 Å². The summed E-state index contributed by atoms with van der Waals surface area (Å²) in [6, 6.07) is 17.8. The van der Waals surface area contributed by atoms with E-state index in [0.29, 0.717) is 10.0 Å². The molecule has 3 rings (SSSR count). The summed E-state index contributed by atoms with van der Waals surface area (Å²) in [5.41, 5.74) is 0.593. The van der Waals surface area contributed by atoms with Gasteiger partial charge in [0.25, 0.3) is 0 Å². The standard InChI is InChI=1S/C17H10BrFO/c18-15-10-4-9-14(16(15)19)17(20)13-8-3-6-11-5-1-2-7-12(11)13/h1-10H. The van der Waals surface area contributed by atoms with Crippen LogP contribution in [0.1, 0.15) is 15.9 Å². The van der Waals surface area contributed by atoms with Crippen LogP contribution in [-0.2, 0) is 0 Å². The molecule has 3 heteroatoms. The Balaban J connectivity index is 2.21. The van der Waals surface area contributed by atoms with Gasteiger partial charge in [-0.15, -0.1) is 0 Å². The molecule has 0 N–H and O–H groups in total. The Hall–Kier alpha value is -2.00. The van der Waals surface area contributed by atoms with E-state index < -0.39 is 5.82 Å². The molecule has 1 nitrogen and oxygen atoms in total. The van der Waals surface area contributed by atoms with Crippen LogP contribution in [0.15, 0.2) is 65.1 Å². The quantitative estimate of drug-likeness (QED) is 0.607. The molecule has 0 unspecified atom stereocenters. The van der Waals surface area contributed by atoms with Gasteiger partial charge in [0.05, 0.1) is 10.0 Å². The second kappa shape index (κ2) is 5.17. The Morgan fingerprint density at radius 3 is 2.35 bits per heavy atom. The molecule has 20 heavy (non-hydrogen) atoms. The van der Waals surface area contributed by atoms with E-state index in [9.17, 15) is 9.18 Å². The summed E-state index contributed by atoms with van der Waals surface area (Å²) in [5, 5.41) is 1.80. The summed E-state index contributed by atoms with van der Waals surface area (Å²) in [6.45, 7) is 0. The summed E-state index contributed by atoms with van der Waals surface area (Å²) < 4.78 is 14.4. The van der Waals surface area contributed by atoms with Gasteiger partial charge < -0.3 is 0 Å². The fourth-order valence-corrected chi connectivity index (χ4v) is 2.61. The van der Waals surface area contributed by atoms with Crippen molar-refractivity contribution in [2.24, 2.45) is 0 Å². The van der Waals surface area contributed by atoms with E-state index >= 15 is 0 Å². The van der Waals surface area contributed by atoms with Crippen LogP contribution in [-0.4, -0.2) is 5.78 Å². The first-order chi connectivity index (χ1) is 9.68. The zero-order valence-electron chi connectivity index (χ0n) is 10.4. The average Bonchev–Trinajstić information content (AvgIpc) is 2.49. The SMILES string of the molecule is O=C(c1cccc(Br)c1F)c1cccc2ccccc12. The fourth-order valence-electron chi connectivity index (χ4n) is 2.25. The van der Waals surface area contributed by atoms with Crippen LogP contribution in [0, 0.1) is 5.82 Å². The Kier molecular flexibility index (Phi) is 3.36. The topological polar surface area (TPSA) is 17.1 Å². The monoisotopic (exact) mass is 328 g/mol. The van der Waals surface area contributed by atoms with Crippen molar-refractivity contribution in [3.05, 3.63) is 82.1 Å². The van der Waals surface area contributed by atoms with E-state index in [1.54, 1.807) is 18.2 Å². The number of halogens is 2. The molecule has 0 atom stereocenters. The van der Waals surface area contributed by atoms with E-state index in [2.05, 4.69) is 15.9 Å². The number of hydrogen-bond acceptors (Lipinski definition) is 1. The van der Waals surface area contributed by atoms with Gasteiger partial charge in [0, 0.05) is 5.56 Å². The summed E-state index contributed by atoms with van der Waals surface area (Å²) >= 11 is 3.11. The third kappa shape index (κ3) is 2.14. The molecule has 0 aliphatic carbocycles. The molecule has 0 radical (unpaired) electrons. The molecule has 0 aromatic heterocycles. The van der Waals surface area contributed by atoms with Crippen molar-refractivity contribution in [2.75, 3.05) is 0 Å². The molecular weight excluding hydrogens is 319 g/mol. The van der Waals surface area contributed by atoms with Crippen LogP contribution in [0.2, 0.25) is 0 Å². The molecule has 3 aromatic carbocycles. The maximum atomic E-state index is 14.1. The molecule has 0 saturated heterocycles. The average molecular weight is 329 g/mol. The molecule has 0 heterocycles. The smallest absolute Gasteiger partial charge is 0.196 e. The number of carbonyl (C=O) groups is 1. The first-order valence-electron chi connectivity index (χ1n) is 6.15. The molecule has 0 aliphatic rings. The molecule has 0 saturated carbocycles. The Morgan fingerprint density at radius 1 is 0.850 bits per heavy atom. The minimum Gasteiger partial charge on any atom is -0.288 e. The van der Waals surface area contributed by atoms with E-state index in [4.69, 9.17) is 0 Å². The number of fused-ring (bicyclic) bond motifs is 1. The van der Waals surface area contributed by atoms with Crippen LogP contribution in [0.4, 0.5) is 4.39 Å². The fraction of sp³-hybridized carbons (Fsp3) is 0. The van der Waals surface area contributed by atoms with Crippen molar-refractivity contribution in [3.8, 4) is 0 Å². The highest BCUT2D eigenvalue weighted by molar-refractivity contribution is 9.10. The van der Waals surface area contributed by atoms with Crippen molar-refractivity contribution < 1.29 is 9.18 Å². The van der Waals surface area contributed by atoms with Crippen molar-refractivity contribution >= 4 is 32.5 Å². The van der Waals surface area contributed by atoms with Crippen LogP contribution in [0.3, 0.4) is 0 Å². The Bertz CT molecular complexity index is 806. The lowest BCUT2D eigenvalue weighted by molar-refractivity contribution is 0.103. The second-order valence-electron chi connectivity index (χ2n) is 4.46. The van der Waals surface area contributed by atoms with Gasteiger partial charge in [-0.3, -0.25) is 4.79 Å². The maximum Gasteiger partial charge on any atom is 0.196 e. The first kappa shape index (κ1) is 13.0. The number of benzene rings is 3. The van der Waals surface area contributed by atoms with Crippen LogP contribution in [0.5, 0.6) is 0 Å². The van der Waals surface area contributed by atoms with Crippen molar-refractivity contribution in [1.29, 1.82) is 0 Å². The van der Waals surface area contributed by atoms with E-state index in [-0.39, 0.29) is 11.3 Å². The zero-order valence-corrected chi connectivity index (χ0v) is 12.0. The summed E-state index contributed by atoms with van der Waals surface area (Å²) in [4.78, 5) is 12.6. The minimum atomic E-state index is -0.523. The van der Waals surface area contributed by atoms with Gasteiger partial charge >= 0.3 is 0 Å². The van der Waals surface area contributed by atoms with E-state index in [0.717, 1.165) is 10.8 Å². The number of ketones is 1. The third-order valence-electron chi connectivity index (χ3n) is 3.23. The van der Waals surface area contributed by atoms with Gasteiger partial charge in [-0.25, -0.2) is 4.39 Å². The molecule has 3 aromatic rings. The number of carbonyl (C=O) groups excluding carboxylic acids is 1.